The van der Waals surface area contributed by atoms with E-state index in [1.165, 1.54) is 14.2 Å². The Balaban J connectivity index is 3.29. The Morgan fingerprint density at radius 2 is 1.59 bits per heavy atom. The van der Waals surface area contributed by atoms with Crippen molar-refractivity contribution >= 4 is 27.9 Å². The molecule has 0 fully saturated rings. The molecule has 0 saturated carbocycles. The summed E-state index contributed by atoms with van der Waals surface area (Å²) in [5.41, 5.74) is 0. The molecule has 17 heavy (non-hydrogen) atoms. The minimum Gasteiger partial charge on any atom is -0.469 e. The van der Waals surface area contributed by atoms with Gasteiger partial charge in [0.25, 0.3) is 0 Å². The van der Waals surface area contributed by atoms with Crippen molar-refractivity contribution in [3.8, 4) is 0 Å². The van der Waals surface area contributed by atoms with Crippen molar-refractivity contribution < 1.29 is 19.1 Å². The molecule has 0 radical (unpaired) electrons. The van der Waals surface area contributed by atoms with Crippen molar-refractivity contribution in [3.05, 3.63) is 0 Å². The van der Waals surface area contributed by atoms with Crippen LogP contribution in [0.25, 0.3) is 0 Å². The number of methoxy groups -OCH3 is 2. The molecule has 0 aliphatic heterocycles. The zero-order chi connectivity index (χ0) is 13.1. The Bertz CT molecular complexity index is 231. The van der Waals surface area contributed by atoms with Crippen LogP contribution >= 0.6 is 15.9 Å². The van der Waals surface area contributed by atoms with E-state index in [1.54, 1.807) is 0 Å². The van der Waals surface area contributed by atoms with Crippen LogP contribution in [-0.4, -0.2) is 31.0 Å². The normalized spacial score (nSPS) is 11.9. The summed E-state index contributed by atoms with van der Waals surface area (Å²) in [6.07, 6.45) is 6.34. The van der Waals surface area contributed by atoms with Crippen molar-refractivity contribution in [1.29, 1.82) is 0 Å². The van der Waals surface area contributed by atoms with Crippen LogP contribution in [-0.2, 0) is 19.1 Å². The SMILES string of the molecule is COC(=O)CCCCCCCC(Br)C(=O)OC. The average Bonchev–Trinajstić information content (AvgIpc) is 2.35. The van der Waals surface area contributed by atoms with Crippen LogP contribution in [0.5, 0.6) is 0 Å². The molecule has 100 valence electrons. The fourth-order valence-electron chi connectivity index (χ4n) is 1.47. The summed E-state index contributed by atoms with van der Waals surface area (Å²) in [7, 11) is 2.80. The second-order valence-electron chi connectivity index (χ2n) is 3.87. The van der Waals surface area contributed by atoms with Gasteiger partial charge in [-0.1, -0.05) is 41.6 Å². The third-order valence-electron chi connectivity index (χ3n) is 2.52. The van der Waals surface area contributed by atoms with Gasteiger partial charge in [-0.3, -0.25) is 9.59 Å². The smallest absolute Gasteiger partial charge is 0.319 e. The zero-order valence-electron chi connectivity index (χ0n) is 10.5. The molecule has 1 atom stereocenters. The molecule has 1 unspecified atom stereocenters. The number of carbonyl (C=O) groups excluding carboxylic acids is 2. The van der Waals surface area contributed by atoms with Crippen LogP contribution in [0.15, 0.2) is 0 Å². The van der Waals surface area contributed by atoms with E-state index in [0.717, 1.165) is 38.5 Å². The fraction of sp³-hybridized carbons (Fsp3) is 0.833. The highest BCUT2D eigenvalue weighted by atomic mass is 79.9. The first-order valence-electron chi connectivity index (χ1n) is 5.90. The van der Waals surface area contributed by atoms with E-state index >= 15 is 0 Å². The molecule has 0 rings (SSSR count). The molecule has 0 aliphatic rings. The molecule has 4 nitrogen and oxygen atoms in total. The van der Waals surface area contributed by atoms with Gasteiger partial charge in [0.2, 0.25) is 0 Å². The highest BCUT2D eigenvalue weighted by molar-refractivity contribution is 9.10. The molecular weight excluding hydrogens is 288 g/mol. The monoisotopic (exact) mass is 308 g/mol. The lowest BCUT2D eigenvalue weighted by Gasteiger charge is -2.06. The number of carbonyl (C=O) groups is 2. The van der Waals surface area contributed by atoms with Gasteiger partial charge in [0.05, 0.1) is 14.2 Å². The number of unbranched alkanes of at least 4 members (excludes halogenated alkanes) is 4. The number of halogens is 1. The second kappa shape index (κ2) is 10.6. The molecule has 0 heterocycles. The highest BCUT2D eigenvalue weighted by Gasteiger charge is 2.13. The van der Waals surface area contributed by atoms with Crippen LogP contribution in [0.2, 0.25) is 0 Å². The number of hydrogen-bond donors (Lipinski definition) is 0. The molecule has 0 amide bonds. The molecule has 0 aromatic heterocycles. The molecule has 0 bridgehead atoms. The molecule has 0 saturated heterocycles. The first-order valence-corrected chi connectivity index (χ1v) is 6.82. The molecule has 0 spiro atoms. The molecule has 0 aromatic rings. The van der Waals surface area contributed by atoms with Gasteiger partial charge in [0, 0.05) is 6.42 Å². The van der Waals surface area contributed by atoms with Gasteiger partial charge in [-0.05, 0) is 12.8 Å². The zero-order valence-corrected chi connectivity index (χ0v) is 12.1. The van der Waals surface area contributed by atoms with Gasteiger partial charge in [-0.15, -0.1) is 0 Å². The number of ether oxygens (including phenoxy) is 2. The fourth-order valence-corrected chi connectivity index (χ4v) is 1.98. The van der Waals surface area contributed by atoms with E-state index in [-0.39, 0.29) is 16.8 Å². The number of esters is 2. The van der Waals surface area contributed by atoms with Crippen LogP contribution < -0.4 is 0 Å². The maximum Gasteiger partial charge on any atom is 0.319 e. The van der Waals surface area contributed by atoms with Crippen LogP contribution in [0.4, 0.5) is 0 Å². The number of alkyl halides is 1. The quantitative estimate of drug-likeness (QED) is 0.373. The van der Waals surface area contributed by atoms with Crippen LogP contribution in [0.3, 0.4) is 0 Å². The van der Waals surface area contributed by atoms with E-state index in [0.29, 0.717) is 6.42 Å². The van der Waals surface area contributed by atoms with Gasteiger partial charge in [0.15, 0.2) is 0 Å². The van der Waals surface area contributed by atoms with E-state index in [2.05, 4.69) is 25.4 Å². The van der Waals surface area contributed by atoms with Crippen molar-refractivity contribution in [1.82, 2.24) is 0 Å². The highest BCUT2D eigenvalue weighted by Crippen LogP contribution is 2.14. The van der Waals surface area contributed by atoms with Crippen molar-refractivity contribution in [2.75, 3.05) is 14.2 Å². The summed E-state index contributed by atoms with van der Waals surface area (Å²) in [5, 5.41) is 0. The topological polar surface area (TPSA) is 52.6 Å². The Labute approximate surface area is 111 Å². The van der Waals surface area contributed by atoms with E-state index in [1.807, 2.05) is 0 Å². The Morgan fingerprint density at radius 1 is 1.00 bits per heavy atom. The van der Waals surface area contributed by atoms with Crippen molar-refractivity contribution in [3.63, 3.8) is 0 Å². The van der Waals surface area contributed by atoms with Gasteiger partial charge >= 0.3 is 11.9 Å². The van der Waals surface area contributed by atoms with E-state index in [9.17, 15) is 9.59 Å². The largest absolute Gasteiger partial charge is 0.469 e. The standard InChI is InChI=1S/C12H21BrO4/c1-16-11(14)9-7-5-3-4-6-8-10(13)12(15)17-2/h10H,3-9H2,1-2H3. The van der Waals surface area contributed by atoms with Gasteiger partial charge in [-0.2, -0.15) is 0 Å². The van der Waals surface area contributed by atoms with Gasteiger partial charge in [0.1, 0.15) is 4.83 Å². The second-order valence-corrected chi connectivity index (χ2v) is 4.98. The Kier molecular flexibility index (Phi) is 10.2. The Hall–Kier alpha value is -0.580. The molecule has 0 aromatic carbocycles. The van der Waals surface area contributed by atoms with E-state index < -0.39 is 0 Å². The maximum atomic E-state index is 11.1. The molecule has 0 aliphatic carbocycles. The number of rotatable bonds is 9. The summed E-state index contributed by atoms with van der Waals surface area (Å²) in [6.45, 7) is 0. The van der Waals surface area contributed by atoms with Crippen LogP contribution in [0.1, 0.15) is 44.9 Å². The molecule has 5 heteroatoms. The first kappa shape index (κ1) is 16.4. The molecular formula is C12H21BrO4. The summed E-state index contributed by atoms with van der Waals surface area (Å²) >= 11 is 3.28. The van der Waals surface area contributed by atoms with Crippen LogP contribution in [0, 0.1) is 0 Å². The third-order valence-corrected chi connectivity index (χ3v) is 3.35. The van der Waals surface area contributed by atoms with Crippen molar-refractivity contribution in [2.45, 2.75) is 49.8 Å². The number of hydrogen-bond acceptors (Lipinski definition) is 4. The minimum absolute atomic E-state index is 0.142. The summed E-state index contributed by atoms with van der Waals surface area (Å²) < 4.78 is 9.16. The molecule has 0 N–H and O–H groups in total. The maximum absolute atomic E-state index is 11.1. The summed E-state index contributed by atoms with van der Waals surface area (Å²) in [5.74, 6) is -0.355. The average molecular weight is 309 g/mol. The van der Waals surface area contributed by atoms with Gasteiger partial charge < -0.3 is 9.47 Å². The first-order chi connectivity index (χ1) is 8.11. The third kappa shape index (κ3) is 9.15. The van der Waals surface area contributed by atoms with Gasteiger partial charge in [-0.25, -0.2) is 0 Å². The lowest BCUT2D eigenvalue weighted by Crippen LogP contribution is -2.15. The lowest BCUT2D eigenvalue weighted by molar-refractivity contribution is -0.141. The summed E-state index contributed by atoms with van der Waals surface area (Å²) in [4.78, 5) is 21.7. The lowest BCUT2D eigenvalue weighted by atomic mass is 10.1. The van der Waals surface area contributed by atoms with E-state index in [4.69, 9.17) is 0 Å². The Morgan fingerprint density at radius 3 is 2.18 bits per heavy atom. The van der Waals surface area contributed by atoms with Crippen molar-refractivity contribution in [2.24, 2.45) is 0 Å². The predicted octanol–water partition coefficient (Wildman–Crippen LogP) is 2.83. The predicted molar refractivity (Wildman–Crippen MR) is 69.1 cm³/mol. The summed E-state index contributed by atoms with van der Waals surface area (Å²) in [6, 6.07) is 0. The minimum atomic E-state index is -0.212.